The Hall–Kier alpha value is -0.910. The minimum absolute atomic E-state index is 0.0929. The fourth-order valence-electron chi connectivity index (χ4n) is 1.76. The van der Waals surface area contributed by atoms with Gasteiger partial charge >= 0.3 is 0 Å². The van der Waals surface area contributed by atoms with Crippen LogP contribution in [0.2, 0.25) is 0 Å². The third-order valence-electron chi connectivity index (χ3n) is 2.66. The van der Waals surface area contributed by atoms with Crippen LogP contribution in [0, 0.1) is 3.57 Å². The lowest BCUT2D eigenvalue weighted by molar-refractivity contribution is -0.137. The first-order chi connectivity index (χ1) is 7.11. The number of carbonyl (C=O) groups excluding carboxylic acids is 2. The van der Waals surface area contributed by atoms with Gasteiger partial charge < -0.3 is 0 Å². The molecular formula is C11H10INO2. The van der Waals surface area contributed by atoms with Crippen LogP contribution in [0.5, 0.6) is 0 Å². The van der Waals surface area contributed by atoms with E-state index in [4.69, 9.17) is 0 Å². The summed E-state index contributed by atoms with van der Waals surface area (Å²) in [5, 5.41) is 0. The number of imide groups is 1. The summed E-state index contributed by atoms with van der Waals surface area (Å²) in [6.45, 7) is 0. The molecule has 1 unspecified atom stereocenters. The number of carbonyl (C=O) groups is 2. The number of hydrogen-bond acceptors (Lipinski definition) is 2. The Morgan fingerprint density at radius 1 is 1.33 bits per heavy atom. The Bertz CT molecular complexity index is 430. The van der Waals surface area contributed by atoms with E-state index < -0.39 is 0 Å². The third-order valence-corrected chi connectivity index (χ3v) is 3.64. The molecule has 78 valence electrons. The number of halogens is 1. The van der Waals surface area contributed by atoms with E-state index in [9.17, 15) is 9.59 Å². The molecular weight excluding hydrogens is 305 g/mol. The van der Waals surface area contributed by atoms with Crippen molar-refractivity contribution in [2.24, 2.45) is 0 Å². The van der Waals surface area contributed by atoms with E-state index in [2.05, 4.69) is 22.6 Å². The van der Waals surface area contributed by atoms with Gasteiger partial charge in [0.05, 0.1) is 5.92 Å². The summed E-state index contributed by atoms with van der Waals surface area (Å²) in [6, 6.07) is 7.69. The third kappa shape index (κ3) is 1.78. The van der Waals surface area contributed by atoms with Gasteiger partial charge in [0, 0.05) is 17.0 Å². The lowest BCUT2D eigenvalue weighted by Crippen LogP contribution is -2.25. The first-order valence-electron chi connectivity index (χ1n) is 4.66. The molecule has 15 heavy (non-hydrogen) atoms. The van der Waals surface area contributed by atoms with Gasteiger partial charge in [-0.2, -0.15) is 0 Å². The van der Waals surface area contributed by atoms with E-state index in [1.54, 1.807) is 7.05 Å². The molecule has 1 aliphatic rings. The van der Waals surface area contributed by atoms with Crippen LogP contribution in [-0.4, -0.2) is 23.8 Å². The summed E-state index contributed by atoms with van der Waals surface area (Å²) in [5.74, 6) is -0.468. The SMILES string of the molecule is CN1C(=O)CC(c2ccccc2I)C1=O. The molecule has 0 bridgehead atoms. The van der Waals surface area contributed by atoms with Crippen molar-refractivity contribution in [3.05, 3.63) is 33.4 Å². The fourth-order valence-corrected chi connectivity index (χ4v) is 2.52. The van der Waals surface area contributed by atoms with Gasteiger partial charge in [-0.3, -0.25) is 14.5 Å². The van der Waals surface area contributed by atoms with E-state index in [0.717, 1.165) is 9.13 Å². The van der Waals surface area contributed by atoms with Crippen LogP contribution in [0.15, 0.2) is 24.3 Å². The van der Waals surface area contributed by atoms with Gasteiger partial charge in [-0.1, -0.05) is 18.2 Å². The van der Waals surface area contributed by atoms with E-state index in [-0.39, 0.29) is 17.7 Å². The molecule has 1 heterocycles. The molecule has 1 atom stereocenters. The smallest absolute Gasteiger partial charge is 0.237 e. The first-order valence-corrected chi connectivity index (χ1v) is 5.74. The number of nitrogens with zero attached hydrogens (tertiary/aromatic N) is 1. The average Bonchev–Trinajstić information content (AvgIpc) is 2.47. The molecule has 0 radical (unpaired) electrons. The quantitative estimate of drug-likeness (QED) is 0.585. The molecule has 0 aromatic heterocycles. The van der Waals surface area contributed by atoms with Gasteiger partial charge in [0.15, 0.2) is 0 Å². The van der Waals surface area contributed by atoms with Gasteiger partial charge in [0.1, 0.15) is 0 Å². The fraction of sp³-hybridized carbons (Fsp3) is 0.273. The number of hydrogen-bond donors (Lipinski definition) is 0. The van der Waals surface area contributed by atoms with E-state index in [0.29, 0.717) is 6.42 Å². The zero-order valence-electron chi connectivity index (χ0n) is 8.24. The van der Waals surface area contributed by atoms with Crippen LogP contribution in [-0.2, 0) is 9.59 Å². The maximum atomic E-state index is 11.8. The van der Waals surface area contributed by atoms with Crippen molar-refractivity contribution in [2.45, 2.75) is 12.3 Å². The summed E-state index contributed by atoms with van der Waals surface area (Å²) in [5.41, 5.74) is 0.959. The lowest BCUT2D eigenvalue weighted by Gasteiger charge is -2.10. The standard InChI is InChI=1S/C11H10INO2/c1-13-10(14)6-8(11(13)15)7-4-2-3-5-9(7)12/h2-5,8H,6H2,1H3. The summed E-state index contributed by atoms with van der Waals surface area (Å²) >= 11 is 2.19. The van der Waals surface area contributed by atoms with Crippen molar-refractivity contribution in [3.8, 4) is 0 Å². The molecule has 1 aromatic carbocycles. The number of likely N-dealkylation sites (N-methyl/N-ethyl adjacent to an activating group) is 1. The highest BCUT2D eigenvalue weighted by molar-refractivity contribution is 14.1. The van der Waals surface area contributed by atoms with Crippen molar-refractivity contribution >= 4 is 34.4 Å². The molecule has 0 spiro atoms. The molecule has 3 nitrogen and oxygen atoms in total. The van der Waals surface area contributed by atoms with Crippen LogP contribution in [0.1, 0.15) is 17.9 Å². The maximum absolute atomic E-state index is 11.8. The minimum Gasteiger partial charge on any atom is -0.285 e. The van der Waals surface area contributed by atoms with Crippen LogP contribution < -0.4 is 0 Å². The van der Waals surface area contributed by atoms with Crippen molar-refractivity contribution in [2.75, 3.05) is 7.05 Å². The van der Waals surface area contributed by atoms with Crippen LogP contribution >= 0.6 is 22.6 Å². The zero-order valence-corrected chi connectivity index (χ0v) is 10.4. The van der Waals surface area contributed by atoms with Crippen molar-refractivity contribution < 1.29 is 9.59 Å². The lowest BCUT2D eigenvalue weighted by atomic mass is 9.98. The molecule has 2 amide bonds. The van der Waals surface area contributed by atoms with Crippen LogP contribution in [0.25, 0.3) is 0 Å². The van der Waals surface area contributed by atoms with E-state index in [1.807, 2.05) is 24.3 Å². The second-order valence-corrected chi connectivity index (χ2v) is 4.73. The molecule has 0 saturated carbocycles. The highest BCUT2D eigenvalue weighted by Gasteiger charge is 2.37. The summed E-state index contributed by atoms with van der Waals surface area (Å²) in [6.07, 6.45) is 0.301. The predicted molar refractivity (Wildman–Crippen MR) is 64.3 cm³/mol. The Morgan fingerprint density at radius 3 is 2.53 bits per heavy atom. The molecule has 1 aromatic rings. The topological polar surface area (TPSA) is 37.4 Å². The monoisotopic (exact) mass is 315 g/mol. The average molecular weight is 315 g/mol. The number of benzene rings is 1. The molecule has 1 fully saturated rings. The molecule has 0 N–H and O–H groups in total. The molecule has 2 rings (SSSR count). The highest BCUT2D eigenvalue weighted by atomic mass is 127. The molecule has 1 aliphatic heterocycles. The van der Waals surface area contributed by atoms with Gasteiger partial charge in [-0.05, 0) is 34.2 Å². The molecule has 4 heteroatoms. The maximum Gasteiger partial charge on any atom is 0.237 e. The zero-order chi connectivity index (χ0) is 11.0. The summed E-state index contributed by atoms with van der Waals surface area (Å²) in [4.78, 5) is 24.4. The minimum atomic E-state index is -0.282. The number of rotatable bonds is 1. The largest absolute Gasteiger partial charge is 0.285 e. The van der Waals surface area contributed by atoms with E-state index in [1.165, 1.54) is 4.90 Å². The Balaban J connectivity index is 2.38. The van der Waals surface area contributed by atoms with Crippen molar-refractivity contribution in [1.29, 1.82) is 0 Å². The predicted octanol–water partition coefficient (Wildman–Crippen LogP) is 1.76. The Kier molecular flexibility index (Phi) is 2.77. The van der Waals surface area contributed by atoms with Gasteiger partial charge in [0.25, 0.3) is 0 Å². The van der Waals surface area contributed by atoms with Gasteiger partial charge in [-0.15, -0.1) is 0 Å². The van der Waals surface area contributed by atoms with Gasteiger partial charge in [-0.25, -0.2) is 0 Å². The number of amides is 2. The van der Waals surface area contributed by atoms with E-state index >= 15 is 0 Å². The Labute approximate surface area is 102 Å². The van der Waals surface area contributed by atoms with Crippen LogP contribution in [0.4, 0.5) is 0 Å². The first kappa shape index (κ1) is 10.6. The molecule has 0 aliphatic carbocycles. The van der Waals surface area contributed by atoms with Crippen molar-refractivity contribution in [1.82, 2.24) is 4.90 Å². The normalized spacial score (nSPS) is 21.2. The van der Waals surface area contributed by atoms with Gasteiger partial charge in [0.2, 0.25) is 11.8 Å². The number of likely N-dealkylation sites (tertiary alicyclic amines) is 1. The highest BCUT2D eigenvalue weighted by Crippen LogP contribution is 2.31. The van der Waals surface area contributed by atoms with Crippen LogP contribution in [0.3, 0.4) is 0 Å². The summed E-state index contributed by atoms with van der Waals surface area (Å²) in [7, 11) is 1.54. The summed E-state index contributed by atoms with van der Waals surface area (Å²) < 4.78 is 1.04. The Morgan fingerprint density at radius 2 is 2.00 bits per heavy atom. The second kappa shape index (κ2) is 3.92. The molecule has 1 saturated heterocycles. The second-order valence-electron chi connectivity index (χ2n) is 3.57. The van der Waals surface area contributed by atoms with Crippen molar-refractivity contribution in [3.63, 3.8) is 0 Å².